The highest BCUT2D eigenvalue weighted by Crippen LogP contribution is 2.37. The highest BCUT2D eigenvalue weighted by atomic mass is 16.2. The Morgan fingerprint density at radius 3 is 2.71 bits per heavy atom. The monoisotopic (exact) mass is 189 g/mol. The number of anilines is 1. The zero-order chi connectivity index (χ0) is 10.3. The van der Waals surface area contributed by atoms with Gasteiger partial charge in [0.15, 0.2) is 0 Å². The van der Waals surface area contributed by atoms with E-state index in [1.165, 1.54) is 16.7 Å². The number of amides is 1. The van der Waals surface area contributed by atoms with E-state index in [4.69, 9.17) is 0 Å². The summed E-state index contributed by atoms with van der Waals surface area (Å²) in [6.07, 6.45) is 0.878. The quantitative estimate of drug-likeness (QED) is 0.723. The molecule has 0 saturated carbocycles. The Morgan fingerprint density at radius 1 is 1.36 bits per heavy atom. The fourth-order valence-corrected chi connectivity index (χ4v) is 2.29. The highest BCUT2D eigenvalue weighted by molar-refractivity contribution is 6.03. The summed E-state index contributed by atoms with van der Waals surface area (Å²) >= 11 is 0. The van der Waals surface area contributed by atoms with Gasteiger partial charge in [-0.1, -0.05) is 13.0 Å². The van der Waals surface area contributed by atoms with Gasteiger partial charge in [-0.05, 0) is 43.0 Å². The van der Waals surface area contributed by atoms with E-state index in [2.05, 4.69) is 38.2 Å². The maximum Gasteiger partial charge on any atom is 0.232 e. The van der Waals surface area contributed by atoms with Crippen LogP contribution in [-0.2, 0) is 4.79 Å². The van der Waals surface area contributed by atoms with Crippen LogP contribution >= 0.6 is 0 Å². The number of nitrogens with one attached hydrogen (secondary N) is 1. The van der Waals surface area contributed by atoms with Crippen LogP contribution < -0.4 is 5.32 Å². The standard InChI is InChI=1S/C12H15NO/c1-4-9-11-8(3)5-7(2)6-10(11)13-12(9)14/h5-6,9H,4H2,1-3H3,(H,13,14). The number of rotatable bonds is 1. The minimum Gasteiger partial charge on any atom is -0.325 e. The first-order chi connectivity index (χ1) is 6.63. The smallest absolute Gasteiger partial charge is 0.232 e. The Labute approximate surface area is 84.3 Å². The van der Waals surface area contributed by atoms with Gasteiger partial charge >= 0.3 is 0 Å². The lowest BCUT2D eigenvalue weighted by atomic mass is 9.93. The van der Waals surface area contributed by atoms with E-state index in [1.807, 2.05) is 0 Å². The summed E-state index contributed by atoms with van der Waals surface area (Å²) in [5, 5.41) is 2.94. The zero-order valence-electron chi connectivity index (χ0n) is 8.85. The van der Waals surface area contributed by atoms with Gasteiger partial charge in [-0.2, -0.15) is 0 Å². The molecular weight excluding hydrogens is 174 g/mol. The first kappa shape index (κ1) is 9.25. The average molecular weight is 189 g/mol. The molecule has 2 nitrogen and oxygen atoms in total. The fourth-order valence-electron chi connectivity index (χ4n) is 2.29. The van der Waals surface area contributed by atoms with Gasteiger partial charge < -0.3 is 5.32 Å². The van der Waals surface area contributed by atoms with Gasteiger partial charge in [0.25, 0.3) is 0 Å². The third-order valence-electron chi connectivity index (χ3n) is 2.86. The molecule has 1 aliphatic heterocycles. The van der Waals surface area contributed by atoms with Crippen molar-refractivity contribution in [1.82, 2.24) is 0 Å². The second-order valence-corrected chi connectivity index (χ2v) is 3.99. The van der Waals surface area contributed by atoms with Crippen LogP contribution in [0, 0.1) is 13.8 Å². The summed E-state index contributed by atoms with van der Waals surface area (Å²) in [4.78, 5) is 11.6. The van der Waals surface area contributed by atoms with E-state index in [0.29, 0.717) is 0 Å². The van der Waals surface area contributed by atoms with E-state index < -0.39 is 0 Å². The minimum atomic E-state index is 0.0607. The predicted molar refractivity (Wildman–Crippen MR) is 57.6 cm³/mol. The molecule has 2 rings (SSSR count). The topological polar surface area (TPSA) is 29.1 Å². The van der Waals surface area contributed by atoms with Crippen molar-refractivity contribution in [3.63, 3.8) is 0 Å². The second kappa shape index (κ2) is 3.12. The van der Waals surface area contributed by atoms with Crippen LogP contribution in [0.1, 0.15) is 36.0 Å². The van der Waals surface area contributed by atoms with Gasteiger partial charge in [0.1, 0.15) is 0 Å². The Morgan fingerprint density at radius 2 is 2.07 bits per heavy atom. The molecule has 1 heterocycles. The number of carbonyl (C=O) groups excluding carboxylic acids is 1. The third-order valence-corrected chi connectivity index (χ3v) is 2.86. The Bertz CT molecular complexity index is 396. The molecule has 14 heavy (non-hydrogen) atoms. The van der Waals surface area contributed by atoms with Crippen LogP contribution in [0.5, 0.6) is 0 Å². The molecule has 1 unspecified atom stereocenters. The maximum absolute atomic E-state index is 11.6. The number of carbonyl (C=O) groups is 1. The van der Waals surface area contributed by atoms with Crippen LogP contribution in [0.15, 0.2) is 12.1 Å². The molecule has 0 fully saturated rings. The van der Waals surface area contributed by atoms with Gasteiger partial charge in [0.05, 0.1) is 5.92 Å². The van der Waals surface area contributed by atoms with Crippen molar-refractivity contribution >= 4 is 11.6 Å². The first-order valence-corrected chi connectivity index (χ1v) is 5.05. The zero-order valence-corrected chi connectivity index (χ0v) is 8.85. The van der Waals surface area contributed by atoms with Crippen LogP contribution in [0.4, 0.5) is 5.69 Å². The summed E-state index contributed by atoms with van der Waals surface area (Å²) in [5.74, 6) is 0.210. The number of fused-ring (bicyclic) bond motifs is 1. The lowest BCUT2D eigenvalue weighted by Gasteiger charge is -2.09. The molecule has 74 valence electrons. The molecule has 0 bridgehead atoms. The van der Waals surface area contributed by atoms with Crippen LogP contribution in [0.2, 0.25) is 0 Å². The molecule has 1 aliphatic rings. The summed E-state index contributed by atoms with van der Waals surface area (Å²) in [7, 11) is 0. The highest BCUT2D eigenvalue weighted by Gasteiger charge is 2.30. The second-order valence-electron chi connectivity index (χ2n) is 3.99. The van der Waals surface area contributed by atoms with Crippen molar-refractivity contribution < 1.29 is 4.79 Å². The van der Waals surface area contributed by atoms with E-state index >= 15 is 0 Å². The molecule has 0 saturated heterocycles. The average Bonchev–Trinajstić information content (AvgIpc) is 2.40. The molecule has 1 amide bonds. The summed E-state index contributed by atoms with van der Waals surface area (Å²) in [6, 6.07) is 4.19. The van der Waals surface area contributed by atoms with Crippen molar-refractivity contribution in [3.05, 3.63) is 28.8 Å². The van der Waals surface area contributed by atoms with E-state index in [9.17, 15) is 4.79 Å². The Hall–Kier alpha value is -1.31. The van der Waals surface area contributed by atoms with Crippen molar-refractivity contribution in [1.29, 1.82) is 0 Å². The van der Waals surface area contributed by atoms with Crippen LogP contribution in [-0.4, -0.2) is 5.91 Å². The van der Waals surface area contributed by atoms with Crippen molar-refractivity contribution in [2.75, 3.05) is 5.32 Å². The molecule has 1 atom stereocenters. The lowest BCUT2D eigenvalue weighted by molar-refractivity contribution is -0.117. The van der Waals surface area contributed by atoms with Gasteiger partial charge in [0.2, 0.25) is 5.91 Å². The molecule has 0 aliphatic carbocycles. The van der Waals surface area contributed by atoms with E-state index in [-0.39, 0.29) is 11.8 Å². The molecule has 2 heteroatoms. The van der Waals surface area contributed by atoms with E-state index in [1.54, 1.807) is 0 Å². The largest absolute Gasteiger partial charge is 0.325 e. The van der Waals surface area contributed by atoms with Crippen molar-refractivity contribution in [2.24, 2.45) is 0 Å². The van der Waals surface area contributed by atoms with Crippen molar-refractivity contribution in [3.8, 4) is 0 Å². The third kappa shape index (κ3) is 1.22. The Kier molecular flexibility index (Phi) is 2.06. The van der Waals surface area contributed by atoms with Crippen LogP contribution in [0.25, 0.3) is 0 Å². The summed E-state index contributed by atoms with van der Waals surface area (Å²) in [6.45, 7) is 6.19. The molecule has 0 aromatic heterocycles. The molecule has 1 aromatic rings. The lowest BCUT2D eigenvalue weighted by Crippen LogP contribution is -2.11. The molecule has 0 spiro atoms. The normalized spacial score (nSPS) is 19.4. The molecule has 1 aromatic carbocycles. The number of aryl methyl sites for hydroxylation is 2. The molecular formula is C12H15NO. The van der Waals surface area contributed by atoms with Gasteiger partial charge in [-0.15, -0.1) is 0 Å². The van der Waals surface area contributed by atoms with E-state index in [0.717, 1.165) is 12.1 Å². The SMILES string of the molecule is CCC1C(=O)Nc2cc(C)cc(C)c21. The van der Waals surface area contributed by atoms with Crippen LogP contribution in [0.3, 0.4) is 0 Å². The predicted octanol–water partition coefficient (Wildman–Crippen LogP) is 2.75. The molecule has 1 N–H and O–H groups in total. The minimum absolute atomic E-state index is 0.0607. The maximum atomic E-state index is 11.6. The number of benzene rings is 1. The number of hydrogen-bond acceptors (Lipinski definition) is 1. The molecule has 0 radical (unpaired) electrons. The summed E-state index contributed by atoms with van der Waals surface area (Å²) in [5.41, 5.74) is 4.64. The van der Waals surface area contributed by atoms with Gasteiger partial charge in [-0.25, -0.2) is 0 Å². The first-order valence-electron chi connectivity index (χ1n) is 5.05. The van der Waals surface area contributed by atoms with Gasteiger partial charge in [-0.3, -0.25) is 4.79 Å². The fraction of sp³-hybridized carbons (Fsp3) is 0.417. The van der Waals surface area contributed by atoms with Gasteiger partial charge in [0, 0.05) is 5.69 Å². The summed E-state index contributed by atoms with van der Waals surface area (Å²) < 4.78 is 0. The Balaban J connectivity index is 2.58. The number of hydrogen-bond donors (Lipinski definition) is 1. The van der Waals surface area contributed by atoms with Crippen molar-refractivity contribution in [2.45, 2.75) is 33.1 Å².